The molecular formula is C13H10BrF3N2OS. The van der Waals surface area contributed by atoms with Gasteiger partial charge >= 0.3 is 6.18 Å². The van der Waals surface area contributed by atoms with Crippen LogP contribution in [0.25, 0.3) is 0 Å². The summed E-state index contributed by atoms with van der Waals surface area (Å²) in [5, 5.41) is 4.17. The standard InChI is InChI=1S/C13H10BrF3N2OS/c14-8-4-3-7(13(15,16)17)6-9(8)19-12(20)11(18)10-2-1-5-21-10/h1-6,11H,18H2,(H,19,20). The number of anilines is 1. The average molecular weight is 379 g/mol. The molecule has 1 aromatic heterocycles. The van der Waals surface area contributed by atoms with E-state index < -0.39 is 23.7 Å². The van der Waals surface area contributed by atoms with E-state index in [0.717, 1.165) is 12.1 Å². The Kier molecular flexibility index (Phi) is 4.70. The maximum atomic E-state index is 12.7. The predicted molar refractivity (Wildman–Crippen MR) is 79.0 cm³/mol. The van der Waals surface area contributed by atoms with Crippen molar-refractivity contribution in [3.05, 3.63) is 50.6 Å². The van der Waals surface area contributed by atoms with Gasteiger partial charge in [0.15, 0.2) is 0 Å². The molecule has 0 fully saturated rings. The smallest absolute Gasteiger partial charge is 0.323 e. The second-order valence-electron chi connectivity index (χ2n) is 4.17. The summed E-state index contributed by atoms with van der Waals surface area (Å²) in [5.41, 5.74) is 4.95. The van der Waals surface area contributed by atoms with E-state index in [-0.39, 0.29) is 5.69 Å². The van der Waals surface area contributed by atoms with Gasteiger partial charge in [0.2, 0.25) is 5.91 Å². The normalized spacial score (nSPS) is 13.0. The van der Waals surface area contributed by atoms with Gasteiger partial charge in [-0.15, -0.1) is 11.3 Å². The summed E-state index contributed by atoms with van der Waals surface area (Å²) in [6.07, 6.45) is -4.48. The summed E-state index contributed by atoms with van der Waals surface area (Å²) < 4.78 is 38.4. The summed E-state index contributed by atoms with van der Waals surface area (Å²) in [6.45, 7) is 0. The van der Waals surface area contributed by atoms with Gasteiger partial charge in [-0.2, -0.15) is 13.2 Å². The van der Waals surface area contributed by atoms with E-state index in [9.17, 15) is 18.0 Å². The van der Waals surface area contributed by atoms with Crippen LogP contribution in [0.3, 0.4) is 0 Å². The number of hydrogen-bond donors (Lipinski definition) is 2. The Hall–Kier alpha value is -1.38. The van der Waals surface area contributed by atoms with Crippen LogP contribution in [0.2, 0.25) is 0 Å². The third kappa shape index (κ3) is 3.84. The van der Waals surface area contributed by atoms with Crippen molar-refractivity contribution in [3.8, 4) is 0 Å². The van der Waals surface area contributed by atoms with E-state index in [4.69, 9.17) is 5.73 Å². The zero-order valence-corrected chi connectivity index (χ0v) is 12.8. The number of nitrogens with one attached hydrogen (secondary N) is 1. The SMILES string of the molecule is NC(C(=O)Nc1cc(C(F)(F)F)ccc1Br)c1cccs1. The number of hydrogen-bond acceptors (Lipinski definition) is 3. The first kappa shape index (κ1) is 16.0. The van der Waals surface area contributed by atoms with Gasteiger partial charge in [-0.25, -0.2) is 0 Å². The quantitative estimate of drug-likeness (QED) is 0.841. The Bertz CT molecular complexity index is 643. The van der Waals surface area contributed by atoms with Crippen molar-refractivity contribution in [2.24, 2.45) is 5.73 Å². The molecule has 0 saturated carbocycles. The van der Waals surface area contributed by atoms with Gasteiger partial charge in [-0.3, -0.25) is 4.79 Å². The number of nitrogens with two attached hydrogens (primary N) is 1. The first-order valence-electron chi connectivity index (χ1n) is 5.75. The molecule has 2 aromatic rings. The highest BCUT2D eigenvalue weighted by Gasteiger charge is 2.31. The Morgan fingerprint density at radius 1 is 1.33 bits per heavy atom. The third-order valence-electron chi connectivity index (χ3n) is 2.68. The second-order valence-corrected chi connectivity index (χ2v) is 6.01. The molecule has 1 atom stereocenters. The monoisotopic (exact) mass is 378 g/mol. The highest BCUT2D eigenvalue weighted by molar-refractivity contribution is 9.10. The lowest BCUT2D eigenvalue weighted by molar-refractivity contribution is -0.137. The van der Waals surface area contributed by atoms with Crippen LogP contribution in [-0.4, -0.2) is 5.91 Å². The molecule has 0 aliphatic carbocycles. The minimum atomic E-state index is -4.48. The molecule has 1 heterocycles. The molecule has 1 amide bonds. The maximum Gasteiger partial charge on any atom is 0.416 e. The molecule has 0 bridgehead atoms. The molecular weight excluding hydrogens is 369 g/mol. The van der Waals surface area contributed by atoms with Crippen molar-refractivity contribution < 1.29 is 18.0 Å². The van der Waals surface area contributed by atoms with E-state index in [1.807, 2.05) is 0 Å². The Balaban J connectivity index is 2.21. The lowest BCUT2D eigenvalue weighted by atomic mass is 10.2. The van der Waals surface area contributed by atoms with E-state index in [1.54, 1.807) is 17.5 Å². The molecule has 3 nitrogen and oxygen atoms in total. The summed E-state index contributed by atoms with van der Waals surface area (Å²) in [6, 6.07) is 5.53. The van der Waals surface area contributed by atoms with E-state index in [0.29, 0.717) is 9.35 Å². The van der Waals surface area contributed by atoms with E-state index in [1.165, 1.54) is 17.4 Å². The summed E-state index contributed by atoms with van der Waals surface area (Å²) in [7, 11) is 0. The van der Waals surface area contributed by atoms with Crippen molar-refractivity contribution in [2.75, 3.05) is 5.32 Å². The van der Waals surface area contributed by atoms with Crippen molar-refractivity contribution >= 4 is 38.9 Å². The van der Waals surface area contributed by atoms with Crippen LogP contribution in [0, 0.1) is 0 Å². The lowest BCUT2D eigenvalue weighted by Crippen LogP contribution is -2.27. The van der Waals surface area contributed by atoms with Crippen molar-refractivity contribution in [2.45, 2.75) is 12.2 Å². The largest absolute Gasteiger partial charge is 0.416 e. The topological polar surface area (TPSA) is 55.1 Å². The van der Waals surface area contributed by atoms with Gasteiger partial charge in [0.1, 0.15) is 6.04 Å². The van der Waals surface area contributed by atoms with Gasteiger partial charge in [-0.1, -0.05) is 6.07 Å². The number of carbonyl (C=O) groups excluding carboxylic acids is 1. The van der Waals surface area contributed by atoms with Crippen LogP contribution >= 0.6 is 27.3 Å². The Labute approximate surface area is 131 Å². The number of amides is 1. The zero-order valence-electron chi connectivity index (χ0n) is 10.4. The minimum Gasteiger partial charge on any atom is -0.323 e. The number of rotatable bonds is 3. The number of alkyl halides is 3. The van der Waals surface area contributed by atoms with Crippen LogP contribution in [0.15, 0.2) is 40.2 Å². The van der Waals surface area contributed by atoms with Crippen molar-refractivity contribution in [1.29, 1.82) is 0 Å². The Morgan fingerprint density at radius 2 is 2.05 bits per heavy atom. The third-order valence-corrected chi connectivity index (χ3v) is 4.33. The number of carbonyl (C=O) groups is 1. The molecule has 2 rings (SSSR count). The van der Waals surface area contributed by atoms with Crippen LogP contribution in [0.5, 0.6) is 0 Å². The summed E-state index contributed by atoms with van der Waals surface area (Å²) in [4.78, 5) is 12.6. The molecule has 0 radical (unpaired) electrons. The Morgan fingerprint density at radius 3 is 2.62 bits per heavy atom. The van der Waals surface area contributed by atoms with Gasteiger partial charge < -0.3 is 11.1 Å². The van der Waals surface area contributed by atoms with E-state index in [2.05, 4.69) is 21.2 Å². The maximum absolute atomic E-state index is 12.7. The molecule has 3 N–H and O–H groups in total. The molecule has 1 unspecified atom stereocenters. The fourth-order valence-electron chi connectivity index (χ4n) is 1.61. The van der Waals surface area contributed by atoms with Gasteiger partial charge in [-0.05, 0) is 45.6 Å². The molecule has 0 aliphatic heterocycles. The van der Waals surface area contributed by atoms with Gasteiger partial charge in [0.25, 0.3) is 0 Å². The highest BCUT2D eigenvalue weighted by Crippen LogP contribution is 2.34. The fourth-order valence-corrected chi connectivity index (χ4v) is 2.68. The molecule has 1 aromatic carbocycles. The molecule has 0 aliphatic rings. The van der Waals surface area contributed by atoms with Crippen molar-refractivity contribution in [3.63, 3.8) is 0 Å². The molecule has 0 saturated heterocycles. The minimum absolute atomic E-state index is 0.0295. The molecule has 21 heavy (non-hydrogen) atoms. The van der Waals surface area contributed by atoms with Gasteiger partial charge in [0.05, 0.1) is 11.3 Å². The van der Waals surface area contributed by atoms with Crippen LogP contribution in [0.1, 0.15) is 16.5 Å². The first-order chi connectivity index (χ1) is 9.79. The first-order valence-corrected chi connectivity index (χ1v) is 7.43. The molecule has 112 valence electrons. The lowest BCUT2D eigenvalue weighted by Gasteiger charge is -2.14. The van der Waals surface area contributed by atoms with Gasteiger partial charge in [0, 0.05) is 9.35 Å². The van der Waals surface area contributed by atoms with E-state index >= 15 is 0 Å². The second kappa shape index (κ2) is 6.17. The average Bonchev–Trinajstić information content (AvgIpc) is 2.92. The molecule has 0 spiro atoms. The summed E-state index contributed by atoms with van der Waals surface area (Å²) >= 11 is 4.41. The highest BCUT2D eigenvalue weighted by atomic mass is 79.9. The fraction of sp³-hybridized carbons (Fsp3) is 0.154. The van der Waals surface area contributed by atoms with Crippen molar-refractivity contribution in [1.82, 2.24) is 0 Å². The summed E-state index contributed by atoms with van der Waals surface area (Å²) in [5.74, 6) is -0.572. The van der Waals surface area contributed by atoms with Crippen LogP contribution in [0.4, 0.5) is 18.9 Å². The number of benzene rings is 1. The van der Waals surface area contributed by atoms with Crippen LogP contribution < -0.4 is 11.1 Å². The van der Waals surface area contributed by atoms with Crippen LogP contribution in [-0.2, 0) is 11.0 Å². The zero-order chi connectivity index (χ0) is 15.6. The predicted octanol–water partition coefficient (Wildman–Crippen LogP) is 4.17. The number of thiophene rings is 1. The number of halogens is 4. The molecule has 8 heteroatoms.